The second-order valence-electron chi connectivity index (χ2n) is 3.48. The number of anilines is 2. The first kappa shape index (κ1) is 11.6. The number of hydrogen-bond acceptors (Lipinski definition) is 2. The highest BCUT2D eigenvalue weighted by Crippen LogP contribution is 2.26. The van der Waals surface area contributed by atoms with Crippen LogP contribution in [0, 0.1) is 0 Å². The zero-order valence-corrected chi connectivity index (χ0v) is 9.84. The highest BCUT2D eigenvalue weighted by Gasteiger charge is 2.19. The van der Waals surface area contributed by atoms with Gasteiger partial charge in [0.2, 0.25) is 0 Å². The molecule has 0 heterocycles. The molecule has 0 fully saturated rings. The van der Waals surface area contributed by atoms with Gasteiger partial charge in [0.15, 0.2) is 0 Å². The van der Waals surface area contributed by atoms with Crippen LogP contribution in [0.25, 0.3) is 0 Å². The Morgan fingerprint density at radius 2 is 1.12 bits per heavy atom. The van der Waals surface area contributed by atoms with Crippen LogP contribution in [0.5, 0.6) is 0 Å². The van der Waals surface area contributed by atoms with Crippen LogP contribution in [0.3, 0.4) is 0 Å². The fourth-order valence-corrected chi connectivity index (χ4v) is 2.40. The summed E-state index contributed by atoms with van der Waals surface area (Å²) in [5, 5.41) is 5.24. The molecule has 0 unspecified atom stereocenters. The van der Waals surface area contributed by atoms with Crippen molar-refractivity contribution in [3.63, 3.8) is 0 Å². The topological polar surface area (TPSA) is 63.4 Å². The maximum Gasteiger partial charge on any atom is 0.303 e. The molecule has 0 aromatic heterocycles. The van der Waals surface area contributed by atoms with Gasteiger partial charge < -0.3 is 0 Å². The Balaban J connectivity index is 2.56. The van der Waals surface area contributed by atoms with Gasteiger partial charge in [0.25, 0.3) is 0 Å². The summed E-state index contributed by atoms with van der Waals surface area (Å²) < 4.78 is 24.4. The Hall–Kier alpha value is -1.85. The van der Waals surface area contributed by atoms with Gasteiger partial charge in [-0.05, 0) is 24.3 Å². The normalized spacial score (nSPS) is 11.1. The van der Waals surface area contributed by atoms with E-state index in [0.717, 1.165) is 4.31 Å². The third kappa shape index (κ3) is 2.64. The Labute approximate surface area is 100 Å². The second kappa shape index (κ2) is 4.57. The molecule has 4 nitrogen and oxygen atoms in total. The monoisotopic (exact) mass is 248 g/mol. The van der Waals surface area contributed by atoms with Crippen LogP contribution >= 0.6 is 0 Å². The maximum atomic E-state index is 11.6. The van der Waals surface area contributed by atoms with Crippen LogP contribution in [-0.2, 0) is 10.2 Å². The summed E-state index contributed by atoms with van der Waals surface area (Å²) in [6.07, 6.45) is 0. The Morgan fingerprint density at radius 3 is 1.41 bits per heavy atom. The minimum Gasteiger partial charge on any atom is -0.226 e. The summed E-state index contributed by atoms with van der Waals surface area (Å²) in [5.74, 6) is 0. The van der Waals surface area contributed by atoms with Gasteiger partial charge in [-0.1, -0.05) is 36.4 Å². The molecule has 0 atom stereocenters. The van der Waals surface area contributed by atoms with Gasteiger partial charge >= 0.3 is 10.2 Å². The lowest BCUT2D eigenvalue weighted by molar-refractivity contribution is 0.598. The van der Waals surface area contributed by atoms with E-state index in [1.54, 1.807) is 48.5 Å². The molecule has 0 aliphatic carbocycles. The predicted octanol–water partition coefficient (Wildman–Crippen LogP) is 2.03. The Bertz CT molecular complexity index is 543. The van der Waals surface area contributed by atoms with Crippen molar-refractivity contribution in [2.45, 2.75) is 0 Å². The SMILES string of the molecule is NS(=O)(=O)N(c1ccccc1)c1ccccc1. The predicted molar refractivity (Wildman–Crippen MR) is 68.1 cm³/mol. The standard InChI is InChI=1S/C12H12N2O2S/c13-17(15,16)14(11-7-3-1-4-8-11)12-9-5-2-6-10-12/h1-10H,(H2,13,15,16). The van der Waals surface area contributed by atoms with Gasteiger partial charge in [0.1, 0.15) is 0 Å². The summed E-state index contributed by atoms with van der Waals surface area (Å²) in [5.41, 5.74) is 1.03. The van der Waals surface area contributed by atoms with E-state index in [9.17, 15) is 8.42 Å². The molecule has 0 amide bonds. The molecule has 2 aromatic rings. The van der Waals surface area contributed by atoms with Crippen molar-refractivity contribution in [2.75, 3.05) is 4.31 Å². The van der Waals surface area contributed by atoms with Crippen molar-refractivity contribution in [1.82, 2.24) is 0 Å². The van der Waals surface area contributed by atoms with E-state index in [-0.39, 0.29) is 0 Å². The molecular weight excluding hydrogens is 236 g/mol. The molecule has 0 spiro atoms. The average molecular weight is 248 g/mol. The van der Waals surface area contributed by atoms with Gasteiger partial charge in [-0.15, -0.1) is 0 Å². The first-order valence-corrected chi connectivity index (χ1v) is 6.52. The molecule has 2 aromatic carbocycles. The molecule has 5 heteroatoms. The molecule has 2 N–H and O–H groups in total. The number of benzene rings is 2. The smallest absolute Gasteiger partial charge is 0.226 e. The number of para-hydroxylation sites is 2. The van der Waals surface area contributed by atoms with Gasteiger partial charge in [-0.2, -0.15) is 8.42 Å². The number of rotatable bonds is 3. The number of nitrogens with two attached hydrogens (primary N) is 1. The lowest BCUT2D eigenvalue weighted by atomic mass is 10.3. The van der Waals surface area contributed by atoms with Gasteiger partial charge in [-0.3, -0.25) is 0 Å². The molecule has 88 valence electrons. The van der Waals surface area contributed by atoms with E-state index in [2.05, 4.69) is 0 Å². The van der Waals surface area contributed by atoms with Crippen LogP contribution in [0.15, 0.2) is 60.7 Å². The quantitative estimate of drug-likeness (QED) is 0.903. The van der Waals surface area contributed by atoms with E-state index in [1.807, 2.05) is 12.1 Å². The Morgan fingerprint density at radius 1 is 0.765 bits per heavy atom. The molecule has 0 aliphatic heterocycles. The number of nitrogens with zero attached hydrogens (tertiary/aromatic N) is 1. The van der Waals surface area contributed by atoms with Crippen LogP contribution in [0.1, 0.15) is 0 Å². The van der Waals surface area contributed by atoms with Crippen molar-refractivity contribution >= 4 is 21.6 Å². The molecule has 0 radical (unpaired) electrons. The molecule has 2 rings (SSSR count). The van der Waals surface area contributed by atoms with Crippen molar-refractivity contribution < 1.29 is 8.42 Å². The van der Waals surface area contributed by atoms with Crippen molar-refractivity contribution in [3.8, 4) is 0 Å². The van der Waals surface area contributed by atoms with E-state index in [0.29, 0.717) is 11.4 Å². The maximum absolute atomic E-state index is 11.6. The van der Waals surface area contributed by atoms with Gasteiger partial charge in [0.05, 0.1) is 11.4 Å². The zero-order valence-electron chi connectivity index (χ0n) is 9.02. The highest BCUT2D eigenvalue weighted by atomic mass is 32.2. The Kier molecular flexibility index (Phi) is 3.12. The molecule has 0 bridgehead atoms. The van der Waals surface area contributed by atoms with Crippen LogP contribution < -0.4 is 9.44 Å². The first-order chi connectivity index (χ1) is 8.09. The summed E-state index contributed by atoms with van der Waals surface area (Å²) >= 11 is 0. The fourth-order valence-electron chi connectivity index (χ4n) is 1.57. The molecule has 0 aliphatic rings. The summed E-state index contributed by atoms with van der Waals surface area (Å²) in [4.78, 5) is 0. The molecule has 0 saturated heterocycles. The van der Waals surface area contributed by atoms with Crippen molar-refractivity contribution in [1.29, 1.82) is 0 Å². The molecule has 17 heavy (non-hydrogen) atoms. The molecule has 0 saturated carbocycles. The summed E-state index contributed by atoms with van der Waals surface area (Å²) in [7, 11) is -3.84. The third-order valence-corrected chi connectivity index (χ3v) is 3.17. The van der Waals surface area contributed by atoms with Crippen molar-refractivity contribution in [2.24, 2.45) is 5.14 Å². The minimum absolute atomic E-state index is 0.515. The van der Waals surface area contributed by atoms with Gasteiger partial charge in [0, 0.05) is 0 Å². The minimum atomic E-state index is -3.84. The molecular formula is C12H12N2O2S. The zero-order chi connectivity index (χ0) is 12.3. The number of hydrogen-bond donors (Lipinski definition) is 1. The van der Waals surface area contributed by atoms with Crippen LogP contribution in [0.4, 0.5) is 11.4 Å². The third-order valence-electron chi connectivity index (χ3n) is 2.24. The first-order valence-electron chi connectivity index (χ1n) is 5.02. The van der Waals surface area contributed by atoms with E-state index >= 15 is 0 Å². The summed E-state index contributed by atoms with van der Waals surface area (Å²) in [6.45, 7) is 0. The lowest BCUT2D eigenvalue weighted by Gasteiger charge is -2.21. The lowest BCUT2D eigenvalue weighted by Crippen LogP contribution is -2.32. The highest BCUT2D eigenvalue weighted by molar-refractivity contribution is 7.90. The largest absolute Gasteiger partial charge is 0.303 e. The average Bonchev–Trinajstić information content (AvgIpc) is 2.30. The second-order valence-corrected chi connectivity index (χ2v) is 4.88. The van der Waals surface area contributed by atoms with E-state index in [1.165, 1.54) is 0 Å². The van der Waals surface area contributed by atoms with Crippen molar-refractivity contribution in [3.05, 3.63) is 60.7 Å². The van der Waals surface area contributed by atoms with Gasteiger partial charge in [-0.25, -0.2) is 9.44 Å². The van der Waals surface area contributed by atoms with E-state index < -0.39 is 10.2 Å². The van der Waals surface area contributed by atoms with Crippen LogP contribution in [-0.4, -0.2) is 8.42 Å². The fraction of sp³-hybridized carbons (Fsp3) is 0. The summed E-state index contributed by atoms with van der Waals surface area (Å²) in [6, 6.07) is 17.4. The van der Waals surface area contributed by atoms with Crippen LogP contribution in [0.2, 0.25) is 0 Å². The van der Waals surface area contributed by atoms with E-state index in [4.69, 9.17) is 5.14 Å².